The zero-order valence-corrected chi connectivity index (χ0v) is 22.3. The first-order valence-electron chi connectivity index (χ1n) is 11.6. The molecule has 0 unspecified atom stereocenters. The van der Waals surface area contributed by atoms with Gasteiger partial charge in [-0.05, 0) is 60.0 Å². The second-order valence-corrected chi connectivity index (χ2v) is 11.3. The molecule has 1 fully saturated rings. The monoisotopic (exact) mass is 516 g/mol. The lowest BCUT2D eigenvalue weighted by atomic mass is 9.87. The molecule has 7 heteroatoms. The number of thiocarbonyl (C=S) groups is 1. The standard InChI is InChI=1S/C29H28N2O3S2/c1-19-9-13-21(14-10-19)26(32)30-31-27(33)25(36-28(31)35)17-22-7-5-6-8-24(22)34-18-20-11-15-23(16-12-20)29(2,3)4/h5-17H,18H2,1-4H3,(H,30,32)/b25-17+. The van der Waals surface area contributed by atoms with Crippen LogP contribution in [0.15, 0.2) is 77.7 Å². The van der Waals surface area contributed by atoms with Crippen molar-refractivity contribution in [3.05, 3.63) is 106 Å². The van der Waals surface area contributed by atoms with Crippen molar-refractivity contribution in [2.24, 2.45) is 0 Å². The maximum Gasteiger partial charge on any atom is 0.285 e. The first kappa shape index (κ1) is 25.7. The summed E-state index contributed by atoms with van der Waals surface area (Å²) in [5.41, 5.74) is 7.29. The van der Waals surface area contributed by atoms with Crippen molar-refractivity contribution in [1.82, 2.24) is 10.4 Å². The average molecular weight is 517 g/mol. The molecule has 4 rings (SSSR count). The minimum Gasteiger partial charge on any atom is -0.488 e. The van der Waals surface area contributed by atoms with Gasteiger partial charge in [0.2, 0.25) is 0 Å². The fourth-order valence-electron chi connectivity index (χ4n) is 3.57. The molecule has 184 valence electrons. The SMILES string of the molecule is Cc1ccc(C(=O)NN2C(=O)/C(=C\c3ccccc3OCc3ccc(C(C)(C)C)cc3)SC2=S)cc1. The number of carbonyl (C=O) groups is 2. The Labute approximate surface area is 221 Å². The van der Waals surface area contributed by atoms with Crippen LogP contribution in [0, 0.1) is 6.92 Å². The van der Waals surface area contributed by atoms with Gasteiger partial charge in [0, 0.05) is 11.1 Å². The number of hydrogen-bond acceptors (Lipinski definition) is 5. The van der Waals surface area contributed by atoms with Gasteiger partial charge in [0.1, 0.15) is 12.4 Å². The highest BCUT2D eigenvalue weighted by Crippen LogP contribution is 2.33. The number of amides is 2. The number of thioether (sulfide) groups is 1. The number of hydrogen-bond donors (Lipinski definition) is 1. The van der Waals surface area contributed by atoms with Crippen molar-refractivity contribution in [3.63, 3.8) is 0 Å². The van der Waals surface area contributed by atoms with Crippen LogP contribution in [0.5, 0.6) is 5.75 Å². The van der Waals surface area contributed by atoms with Crippen molar-refractivity contribution >= 4 is 46.2 Å². The molecule has 0 bridgehead atoms. The second kappa shape index (κ2) is 10.7. The molecule has 3 aromatic carbocycles. The fourth-order valence-corrected chi connectivity index (χ4v) is 4.74. The number of hydrazine groups is 1. The summed E-state index contributed by atoms with van der Waals surface area (Å²) in [6.45, 7) is 8.91. The van der Waals surface area contributed by atoms with Gasteiger partial charge in [0.25, 0.3) is 11.8 Å². The first-order chi connectivity index (χ1) is 17.1. The molecule has 0 radical (unpaired) electrons. The number of rotatable bonds is 6. The maximum absolute atomic E-state index is 13.0. The van der Waals surface area contributed by atoms with Crippen LogP contribution in [0.25, 0.3) is 6.08 Å². The van der Waals surface area contributed by atoms with Crippen molar-refractivity contribution in [1.29, 1.82) is 0 Å². The van der Waals surface area contributed by atoms with Gasteiger partial charge >= 0.3 is 0 Å². The van der Waals surface area contributed by atoms with E-state index in [9.17, 15) is 9.59 Å². The largest absolute Gasteiger partial charge is 0.488 e. The van der Waals surface area contributed by atoms with Gasteiger partial charge in [0.05, 0.1) is 4.91 Å². The topological polar surface area (TPSA) is 58.6 Å². The number of benzene rings is 3. The summed E-state index contributed by atoms with van der Waals surface area (Å²) in [5, 5.41) is 1.12. The van der Waals surface area contributed by atoms with E-state index in [4.69, 9.17) is 17.0 Å². The van der Waals surface area contributed by atoms with Crippen LogP contribution in [-0.4, -0.2) is 21.1 Å². The smallest absolute Gasteiger partial charge is 0.285 e. The first-order valence-corrected chi connectivity index (χ1v) is 12.8. The average Bonchev–Trinajstić information content (AvgIpc) is 3.11. The van der Waals surface area contributed by atoms with E-state index in [1.165, 1.54) is 5.56 Å². The molecular weight excluding hydrogens is 488 g/mol. The van der Waals surface area contributed by atoms with E-state index in [1.807, 2.05) is 43.3 Å². The molecule has 1 aliphatic rings. The van der Waals surface area contributed by atoms with Gasteiger partial charge in [-0.25, -0.2) is 0 Å². The molecule has 36 heavy (non-hydrogen) atoms. The molecule has 0 aromatic heterocycles. The van der Waals surface area contributed by atoms with E-state index in [0.29, 0.717) is 22.8 Å². The lowest BCUT2D eigenvalue weighted by molar-refractivity contribution is -0.123. The Balaban J connectivity index is 1.46. The van der Waals surface area contributed by atoms with Gasteiger partial charge in [0.15, 0.2) is 4.32 Å². The quantitative estimate of drug-likeness (QED) is 0.303. The maximum atomic E-state index is 13.0. The predicted octanol–water partition coefficient (Wildman–Crippen LogP) is 6.42. The van der Waals surface area contributed by atoms with E-state index in [2.05, 4.69) is 50.5 Å². The molecule has 2 amide bonds. The molecule has 1 aliphatic heterocycles. The Morgan fingerprint density at radius 1 is 1.03 bits per heavy atom. The van der Waals surface area contributed by atoms with Crippen LogP contribution in [0.1, 0.15) is 53.4 Å². The van der Waals surface area contributed by atoms with Crippen molar-refractivity contribution in [3.8, 4) is 5.75 Å². The highest BCUT2D eigenvalue weighted by molar-refractivity contribution is 8.26. The van der Waals surface area contributed by atoms with Crippen molar-refractivity contribution in [2.45, 2.75) is 39.7 Å². The van der Waals surface area contributed by atoms with E-state index >= 15 is 0 Å². The summed E-state index contributed by atoms with van der Waals surface area (Å²) in [7, 11) is 0. The minimum absolute atomic E-state index is 0.0950. The third-order valence-corrected chi connectivity index (χ3v) is 7.04. The number of aryl methyl sites for hydroxylation is 1. The van der Waals surface area contributed by atoms with E-state index in [1.54, 1.807) is 18.2 Å². The lowest BCUT2D eigenvalue weighted by Crippen LogP contribution is -2.44. The van der Waals surface area contributed by atoms with Gasteiger partial charge in [-0.2, -0.15) is 5.01 Å². The van der Waals surface area contributed by atoms with Crippen LogP contribution in [-0.2, 0) is 16.8 Å². The Morgan fingerprint density at radius 3 is 2.36 bits per heavy atom. The summed E-state index contributed by atoms with van der Waals surface area (Å²) >= 11 is 6.51. The van der Waals surface area contributed by atoms with Gasteiger partial charge in [-0.1, -0.05) is 92.7 Å². The molecule has 1 N–H and O–H groups in total. The van der Waals surface area contributed by atoms with Crippen LogP contribution < -0.4 is 10.2 Å². The normalized spacial score (nSPS) is 14.9. The Bertz CT molecular complexity index is 1320. The molecule has 0 spiro atoms. The molecule has 5 nitrogen and oxygen atoms in total. The number of para-hydroxylation sites is 1. The number of nitrogens with one attached hydrogen (secondary N) is 1. The predicted molar refractivity (Wildman–Crippen MR) is 150 cm³/mol. The molecule has 1 saturated heterocycles. The molecule has 1 heterocycles. The van der Waals surface area contributed by atoms with Gasteiger partial charge in [-0.3, -0.25) is 15.0 Å². The Hall–Kier alpha value is -3.42. The Kier molecular flexibility index (Phi) is 7.62. The van der Waals surface area contributed by atoms with Gasteiger partial charge in [-0.15, -0.1) is 0 Å². The summed E-state index contributed by atoms with van der Waals surface area (Å²) < 4.78 is 6.37. The molecule has 3 aromatic rings. The second-order valence-electron chi connectivity index (χ2n) is 9.60. The zero-order chi connectivity index (χ0) is 25.9. The number of nitrogens with zero attached hydrogens (tertiary/aromatic N) is 1. The molecular formula is C29H28N2O3S2. The van der Waals surface area contributed by atoms with E-state index in [-0.39, 0.29) is 15.6 Å². The lowest BCUT2D eigenvalue weighted by Gasteiger charge is -2.19. The van der Waals surface area contributed by atoms with Crippen molar-refractivity contribution in [2.75, 3.05) is 0 Å². The Morgan fingerprint density at radius 2 is 1.69 bits per heavy atom. The molecule has 0 atom stereocenters. The van der Waals surface area contributed by atoms with E-state index < -0.39 is 5.91 Å². The summed E-state index contributed by atoms with van der Waals surface area (Å²) in [6.07, 6.45) is 1.75. The summed E-state index contributed by atoms with van der Waals surface area (Å²) in [4.78, 5) is 26.1. The van der Waals surface area contributed by atoms with Crippen LogP contribution in [0.2, 0.25) is 0 Å². The zero-order valence-electron chi connectivity index (χ0n) is 20.7. The van der Waals surface area contributed by atoms with Crippen LogP contribution in [0.4, 0.5) is 0 Å². The van der Waals surface area contributed by atoms with Crippen LogP contribution in [0.3, 0.4) is 0 Å². The van der Waals surface area contributed by atoms with Gasteiger partial charge < -0.3 is 4.74 Å². The van der Waals surface area contributed by atoms with Crippen LogP contribution >= 0.6 is 24.0 Å². The minimum atomic E-state index is -0.395. The molecule has 0 saturated carbocycles. The summed E-state index contributed by atoms with van der Waals surface area (Å²) in [5.74, 6) is -0.113. The van der Waals surface area contributed by atoms with E-state index in [0.717, 1.165) is 33.5 Å². The summed E-state index contributed by atoms with van der Waals surface area (Å²) in [6, 6.07) is 23.0. The third kappa shape index (κ3) is 6.04. The fraction of sp³-hybridized carbons (Fsp3) is 0.207. The highest BCUT2D eigenvalue weighted by atomic mass is 32.2. The highest BCUT2D eigenvalue weighted by Gasteiger charge is 2.34. The molecule has 0 aliphatic carbocycles. The third-order valence-electron chi connectivity index (χ3n) is 5.74. The number of ether oxygens (including phenoxy) is 1. The van der Waals surface area contributed by atoms with Crippen molar-refractivity contribution < 1.29 is 14.3 Å². The number of carbonyl (C=O) groups excluding carboxylic acids is 2.